The fourth-order valence-electron chi connectivity index (χ4n) is 2.60. The Morgan fingerprint density at radius 3 is 2.96 bits per heavy atom. The number of amides is 1. The summed E-state index contributed by atoms with van der Waals surface area (Å²) in [6, 6.07) is 7.48. The van der Waals surface area contributed by atoms with Crippen molar-refractivity contribution in [2.75, 3.05) is 6.54 Å². The molecule has 23 heavy (non-hydrogen) atoms. The molecule has 7 nitrogen and oxygen atoms in total. The standard InChI is InChI=1S/C16H20N6O/c1-3-21-11-19-20-15(21)8-9-17-16(23)12(2)22-10-18-13-6-4-5-7-14(13)22/h4-7,10-12H,3,8-9H2,1-2H3,(H,17,23). The Morgan fingerprint density at radius 1 is 1.30 bits per heavy atom. The van der Waals surface area contributed by atoms with Gasteiger partial charge in [0.1, 0.15) is 18.2 Å². The van der Waals surface area contributed by atoms with E-state index in [9.17, 15) is 4.79 Å². The van der Waals surface area contributed by atoms with Gasteiger partial charge >= 0.3 is 0 Å². The van der Waals surface area contributed by atoms with E-state index in [0.29, 0.717) is 13.0 Å². The first-order valence-corrected chi connectivity index (χ1v) is 7.76. The van der Waals surface area contributed by atoms with Crippen molar-refractivity contribution in [1.29, 1.82) is 0 Å². The van der Waals surface area contributed by atoms with Gasteiger partial charge in [-0.3, -0.25) is 4.79 Å². The van der Waals surface area contributed by atoms with E-state index in [1.807, 2.05) is 47.2 Å². The maximum absolute atomic E-state index is 12.4. The minimum atomic E-state index is -0.313. The minimum Gasteiger partial charge on any atom is -0.354 e. The predicted octanol–water partition coefficient (Wildman–Crippen LogP) is 1.57. The molecule has 0 aliphatic heterocycles. The monoisotopic (exact) mass is 312 g/mol. The van der Waals surface area contributed by atoms with E-state index >= 15 is 0 Å². The number of nitrogens with zero attached hydrogens (tertiary/aromatic N) is 5. The number of carbonyl (C=O) groups is 1. The third-order valence-corrected chi connectivity index (χ3v) is 3.96. The number of fused-ring (bicyclic) bond motifs is 1. The van der Waals surface area contributed by atoms with E-state index < -0.39 is 0 Å². The fraction of sp³-hybridized carbons (Fsp3) is 0.375. The molecule has 0 saturated carbocycles. The molecule has 2 aromatic heterocycles. The van der Waals surface area contributed by atoms with Gasteiger partial charge in [0.2, 0.25) is 5.91 Å². The molecule has 1 amide bonds. The largest absolute Gasteiger partial charge is 0.354 e. The van der Waals surface area contributed by atoms with Crippen molar-refractivity contribution in [2.45, 2.75) is 32.9 Å². The minimum absolute atomic E-state index is 0.0317. The van der Waals surface area contributed by atoms with Crippen LogP contribution in [-0.4, -0.2) is 36.8 Å². The van der Waals surface area contributed by atoms with Crippen LogP contribution in [0, 0.1) is 0 Å². The predicted molar refractivity (Wildman–Crippen MR) is 86.9 cm³/mol. The summed E-state index contributed by atoms with van der Waals surface area (Å²) in [6.45, 7) is 5.28. The van der Waals surface area contributed by atoms with Gasteiger partial charge in [-0.1, -0.05) is 12.1 Å². The molecule has 0 radical (unpaired) electrons. The second kappa shape index (κ2) is 6.60. The SMILES string of the molecule is CCn1cnnc1CCNC(=O)C(C)n1cnc2ccccc21. The molecular weight excluding hydrogens is 292 g/mol. The van der Waals surface area contributed by atoms with Crippen LogP contribution in [0.15, 0.2) is 36.9 Å². The van der Waals surface area contributed by atoms with Crippen molar-refractivity contribution in [2.24, 2.45) is 0 Å². The molecule has 1 N–H and O–H groups in total. The third-order valence-electron chi connectivity index (χ3n) is 3.96. The summed E-state index contributed by atoms with van der Waals surface area (Å²) >= 11 is 0. The summed E-state index contributed by atoms with van der Waals surface area (Å²) in [6.07, 6.45) is 4.08. The molecule has 0 spiro atoms. The van der Waals surface area contributed by atoms with Gasteiger partial charge in [-0.2, -0.15) is 0 Å². The van der Waals surface area contributed by atoms with E-state index in [1.165, 1.54) is 0 Å². The lowest BCUT2D eigenvalue weighted by molar-refractivity contribution is -0.123. The lowest BCUT2D eigenvalue weighted by Gasteiger charge is -2.14. The second-order valence-electron chi connectivity index (χ2n) is 5.39. The molecule has 2 heterocycles. The number of benzene rings is 1. The number of aromatic nitrogens is 5. The van der Waals surface area contributed by atoms with Crippen LogP contribution in [0.3, 0.4) is 0 Å². The average molecular weight is 312 g/mol. The topological polar surface area (TPSA) is 77.6 Å². The Labute approximate surface area is 134 Å². The van der Waals surface area contributed by atoms with Gasteiger partial charge in [-0.15, -0.1) is 10.2 Å². The average Bonchev–Trinajstić information content (AvgIpc) is 3.20. The number of hydrogen-bond acceptors (Lipinski definition) is 4. The molecule has 7 heteroatoms. The zero-order chi connectivity index (χ0) is 16.2. The van der Waals surface area contributed by atoms with Crippen LogP contribution in [0.25, 0.3) is 11.0 Å². The summed E-state index contributed by atoms with van der Waals surface area (Å²) in [5.41, 5.74) is 1.85. The summed E-state index contributed by atoms with van der Waals surface area (Å²) in [5, 5.41) is 10.9. The Bertz CT molecular complexity index is 806. The number of imidazole rings is 1. The van der Waals surface area contributed by atoms with Crippen LogP contribution in [0.2, 0.25) is 0 Å². The van der Waals surface area contributed by atoms with Crippen LogP contribution < -0.4 is 5.32 Å². The van der Waals surface area contributed by atoms with Crippen molar-refractivity contribution in [3.8, 4) is 0 Å². The fourth-order valence-corrected chi connectivity index (χ4v) is 2.60. The Kier molecular flexibility index (Phi) is 4.36. The molecular formula is C16H20N6O. The summed E-state index contributed by atoms with van der Waals surface area (Å²) in [4.78, 5) is 16.7. The number of aryl methyl sites for hydroxylation is 1. The Morgan fingerprint density at radius 2 is 2.13 bits per heavy atom. The molecule has 0 fully saturated rings. The van der Waals surface area contributed by atoms with E-state index in [1.54, 1.807) is 12.7 Å². The van der Waals surface area contributed by atoms with Crippen LogP contribution in [-0.2, 0) is 17.8 Å². The molecule has 1 unspecified atom stereocenters. The van der Waals surface area contributed by atoms with E-state index in [-0.39, 0.29) is 11.9 Å². The van der Waals surface area contributed by atoms with Gasteiger partial charge in [0, 0.05) is 19.5 Å². The molecule has 0 aliphatic carbocycles. The second-order valence-corrected chi connectivity index (χ2v) is 5.39. The number of para-hydroxylation sites is 2. The molecule has 120 valence electrons. The van der Waals surface area contributed by atoms with Crippen LogP contribution >= 0.6 is 0 Å². The zero-order valence-electron chi connectivity index (χ0n) is 13.3. The first kappa shape index (κ1) is 15.2. The highest BCUT2D eigenvalue weighted by Crippen LogP contribution is 2.17. The highest BCUT2D eigenvalue weighted by Gasteiger charge is 2.16. The molecule has 1 atom stereocenters. The van der Waals surface area contributed by atoms with Crippen LogP contribution in [0.4, 0.5) is 0 Å². The maximum Gasteiger partial charge on any atom is 0.242 e. The zero-order valence-corrected chi connectivity index (χ0v) is 13.3. The molecule has 0 saturated heterocycles. The van der Waals surface area contributed by atoms with Gasteiger partial charge in [0.15, 0.2) is 0 Å². The number of rotatable bonds is 6. The lowest BCUT2D eigenvalue weighted by Crippen LogP contribution is -2.32. The maximum atomic E-state index is 12.4. The van der Waals surface area contributed by atoms with Gasteiger partial charge in [-0.25, -0.2) is 4.98 Å². The Balaban J connectivity index is 1.62. The normalized spacial score (nSPS) is 12.4. The quantitative estimate of drug-likeness (QED) is 0.749. The molecule has 1 aromatic carbocycles. The van der Waals surface area contributed by atoms with Gasteiger partial charge < -0.3 is 14.5 Å². The number of hydrogen-bond donors (Lipinski definition) is 1. The van der Waals surface area contributed by atoms with Crippen LogP contribution in [0.1, 0.15) is 25.7 Å². The van der Waals surface area contributed by atoms with Crippen LogP contribution in [0.5, 0.6) is 0 Å². The first-order valence-electron chi connectivity index (χ1n) is 7.76. The van der Waals surface area contributed by atoms with Gasteiger partial charge in [0.25, 0.3) is 0 Å². The number of carbonyl (C=O) groups excluding carboxylic acids is 1. The highest BCUT2D eigenvalue weighted by molar-refractivity contribution is 5.83. The van der Waals surface area contributed by atoms with Crippen molar-refractivity contribution in [3.05, 3.63) is 42.7 Å². The smallest absolute Gasteiger partial charge is 0.242 e. The first-order chi connectivity index (χ1) is 11.2. The molecule has 0 aliphatic rings. The lowest BCUT2D eigenvalue weighted by atomic mass is 10.2. The summed E-state index contributed by atoms with van der Waals surface area (Å²) in [5.74, 6) is 0.851. The van der Waals surface area contributed by atoms with Gasteiger partial charge in [0.05, 0.1) is 17.4 Å². The molecule has 3 aromatic rings. The van der Waals surface area contributed by atoms with E-state index in [2.05, 4.69) is 20.5 Å². The van der Waals surface area contributed by atoms with Gasteiger partial charge in [-0.05, 0) is 26.0 Å². The summed E-state index contributed by atoms with van der Waals surface area (Å²) < 4.78 is 3.86. The summed E-state index contributed by atoms with van der Waals surface area (Å²) in [7, 11) is 0. The van der Waals surface area contributed by atoms with E-state index in [4.69, 9.17) is 0 Å². The third kappa shape index (κ3) is 3.08. The van der Waals surface area contributed by atoms with Crippen molar-refractivity contribution in [1.82, 2.24) is 29.6 Å². The molecule has 0 bridgehead atoms. The molecule has 3 rings (SSSR count). The number of nitrogens with one attached hydrogen (secondary N) is 1. The Hall–Kier alpha value is -2.70. The van der Waals surface area contributed by atoms with Crippen molar-refractivity contribution >= 4 is 16.9 Å². The highest BCUT2D eigenvalue weighted by atomic mass is 16.2. The van der Waals surface area contributed by atoms with E-state index in [0.717, 1.165) is 23.4 Å². The van der Waals surface area contributed by atoms with Crippen molar-refractivity contribution in [3.63, 3.8) is 0 Å². The van der Waals surface area contributed by atoms with Crippen molar-refractivity contribution < 1.29 is 4.79 Å².